The molecule has 6 heteroatoms. The number of aliphatic hydroxyl groups is 2. The van der Waals surface area contributed by atoms with Gasteiger partial charge in [0.25, 0.3) is 0 Å². The normalized spacial score (nSPS) is 14.6. The maximum atomic E-state index is 10.7. The molecule has 0 aliphatic rings. The number of nitrogen functional groups attached to an aromatic ring is 1. The van der Waals surface area contributed by atoms with Gasteiger partial charge in [-0.05, 0) is 18.6 Å². The van der Waals surface area contributed by atoms with Gasteiger partial charge in [0.15, 0.2) is 6.10 Å². The molecule has 2 unspecified atom stereocenters. The SMILES string of the molecule is Cc1cc(N)ncc1C(O)C(O)C(N)=O. The van der Waals surface area contributed by atoms with Crippen LogP contribution in [-0.4, -0.2) is 27.2 Å². The molecular formula is C9H13N3O3. The fourth-order valence-corrected chi connectivity index (χ4v) is 1.22. The molecule has 0 spiro atoms. The minimum Gasteiger partial charge on any atom is -0.385 e. The lowest BCUT2D eigenvalue weighted by Crippen LogP contribution is -2.34. The molecule has 0 saturated heterocycles. The number of primary amides is 1. The molecule has 0 radical (unpaired) electrons. The summed E-state index contributed by atoms with van der Waals surface area (Å²) in [6.45, 7) is 1.68. The Kier molecular flexibility index (Phi) is 3.23. The third-order valence-electron chi connectivity index (χ3n) is 2.08. The largest absolute Gasteiger partial charge is 0.385 e. The van der Waals surface area contributed by atoms with Crippen LogP contribution in [0.1, 0.15) is 17.2 Å². The first-order chi connectivity index (χ1) is 6.93. The zero-order valence-corrected chi connectivity index (χ0v) is 8.21. The number of amides is 1. The van der Waals surface area contributed by atoms with Crippen LogP contribution in [0.5, 0.6) is 0 Å². The van der Waals surface area contributed by atoms with E-state index in [0.717, 1.165) is 0 Å². The number of aliphatic hydroxyl groups excluding tert-OH is 2. The summed E-state index contributed by atoms with van der Waals surface area (Å²) in [4.78, 5) is 14.4. The lowest BCUT2D eigenvalue weighted by Gasteiger charge is -2.16. The van der Waals surface area contributed by atoms with Crippen LogP contribution in [-0.2, 0) is 4.79 Å². The molecule has 0 aliphatic heterocycles. The lowest BCUT2D eigenvalue weighted by atomic mass is 10.0. The molecule has 82 valence electrons. The van der Waals surface area contributed by atoms with Crippen LogP contribution in [0.3, 0.4) is 0 Å². The zero-order chi connectivity index (χ0) is 11.6. The quantitative estimate of drug-likeness (QED) is 0.503. The summed E-state index contributed by atoms with van der Waals surface area (Å²) in [6, 6.07) is 1.53. The van der Waals surface area contributed by atoms with Crippen molar-refractivity contribution in [1.82, 2.24) is 4.98 Å². The fourth-order valence-electron chi connectivity index (χ4n) is 1.22. The second-order valence-electron chi connectivity index (χ2n) is 3.26. The van der Waals surface area contributed by atoms with E-state index < -0.39 is 18.1 Å². The van der Waals surface area contributed by atoms with E-state index in [9.17, 15) is 15.0 Å². The van der Waals surface area contributed by atoms with Crippen molar-refractivity contribution in [3.63, 3.8) is 0 Å². The monoisotopic (exact) mass is 211 g/mol. The number of pyridine rings is 1. The van der Waals surface area contributed by atoms with E-state index in [2.05, 4.69) is 4.98 Å². The highest BCUT2D eigenvalue weighted by atomic mass is 16.3. The van der Waals surface area contributed by atoms with E-state index in [-0.39, 0.29) is 0 Å². The highest BCUT2D eigenvalue weighted by Crippen LogP contribution is 2.20. The lowest BCUT2D eigenvalue weighted by molar-refractivity contribution is -0.132. The molecule has 0 fully saturated rings. The van der Waals surface area contributed by atoms with Crippen molar-refractivity contribution < 1.29 is 15.0 Å². The topological polar surface area (TPSA) is 122 Å². The van der Waals surface area contributed by atoms with Crippen molar-refractivity contribution in [1.29, 1.82) is 0 Å². The first-order valence-electron chi connectivity index (χ1n) is 4.31. The van der Waals surface area contributed by atoms with E-state index in [1.807, 2.05) is 0 Å². The number of nitrogens with zero attached hydrogens (tertiary/aromatic N) is 1. The number of nitrogens with two attached hydrogens (primary N) is 2. The standard InChI is InChI=1S/C9H13N3O3/c1-4-2-6(10)12-3-5(4)7(13)8(14)9(11)15/h2-3,7-8,13-14H,1H3,(H2,10,12)(H2,11,15). The highest BCUT2D eigenvalue weighted by molar-refractivity contribution is 5.79. The summed E-state index contributed by atoms with van der Waals surface area (Å²) in [7, 11) is 0. The van der Waals surface area contributed by atoms with Crippen LogP contribution in [0.25, 0.3) is 0 Å². The van der Waals surface area contributed by atoms with Gasteiger partial charge in [0.2, 0.25) is 5.91 Å². The summed E-state index contributed by atoms with van der Waals surface area (Å²) in [5.74, 6) is -0.685. The maximum absolute atomic E-state index is 10.7. The first-order valence-corrected chi connectivity index (χ1v) is 4.31. The van der Waals surface area contributed by atoms with Crippen LogP contribution in [0.2, 0.25) is 0 Å². The zero-order valence-electron chi connectivity index (χ0n) is 8.21. The molecule has 2 atom stereocenters. The van der Waals surface area contributed by atoms with Crippen molar-refractivity contribution >= 4 is 11.7 Å². The van der Waals surface area contributed by atoms with Crippen molar-refractivity contribution in [2.45, 2.75) is 19.1 Å². The van der Waals surface area contributed by atoms with E-state index in [4.69, 9.17) is 11.5 Å². The summed E-state index contributed by atoms with van der Waals surface area (Å²) >= 11 is 0. The number of hydrogen-bond acceptors (Lipinski definition) is 5. The molecule has 1 heterocycles. The molecular weight excluding hydrogens is 198 g/mol. The summed E-state index contributed by atoms with van der Waals surface area (Å²) in [5.41, 5.74) is 11.2. The number of aryl methyl sites for hydroxylation is 1. The third-order valence-corrected chi connectivity index (χ3v) is 2.08. The third kappa shape index (κ3) is 2.42. The Morgan fingerprint density at radius 2 is 2.13 bits per heavy atom. The summed E-state index contributed by atoms with van der Waals surface area (Å²) < 4.78 is 0. The minimum atomic E-state index is -1.64. The van der Waals surface area contributed by atoms with Gasteiger partial charge in [-0.15, -0.1) is 0 Å². The van der Waals surface area contributed by atoms with Crippen molar-refractivity contribution in [3.05, 3.63) is 23.4 Å². The van der Waals surface area contributed by atoms with Gasteiger partial charge in [-0.2, -0.15) is 0 Å². The number of hydrogen-bond donors (Lipinski definition) is 4. The van der Waals surface area contributed by atoms with Crippen molar-refractivity contribution in [2.24, 2.45) is 5.73 Å². The first kappa shape index (κ1) is 11.4. The van der Waals surface area contributed by atoms with Gasteiger partial charge >= 0.3 is 0 Å². The second-order valence-corrected chi connectivity index (χ2v) is 3.26. The Balaban J connectivity index is 3.01. The summed E-state index contributed by atoms with van der Waals surface area (Å²) in [5, 5.41) is 18.9. The van der Waals surface area contributed by atoms with Crippen LogP contribution in [0.4, 0.5) is 5.82 Å². The number of carbonyl (C=O) groups excluding carboxylic acids is 1. The van der Waals surface area contributed by atoms with Crippen molar-refractivity contribution in [3.8, 4) is 0 Å². The maximum Gasteiger partial charge on any atom is 0.249 e. The molecule has 1 aromatic heterocycles. The molecule has 0 aliphatic carbocycles. The van der Waals surface area contributed by atoms with Crippen LogP contribution in [0, 0.1) is 6.92 Å². The average Bonchev–Trinajstić information content (AvgIpc) is 2.15. The van der Waals surface area contributed by atoms with Gasteiger partial charge in [-0.1, -0.05) is 0 Å². The van der Waals surface area contributed by atoms with Gasteiger partial charge in [-0.3, -0.25) is 4.79 Å². The molecule has 6 nitrogen and oxygen atoms in total. The van der Waals surface area contributed by atoms with E-state index in [0.29, 0.717) is 16.9 Å². The average molecular weight is 211 g/mol. The van der Waals surface area contributed by atoms with Crippen LogP contribution in [0.15, 0.2) is 12.3 Å². The van der Waals surface area contributed by atoms with Crippen LogP contribution < -0.4 is 11.5 Å². The molecule has 15 heavy (non-hydrogen) atoms. The predicted octanol–water partition coefficient (Wildman–Crippen LogP) is -1.15. The molecule has 1 amide bonds. The van der Waals surface area contributed by atoms with Gasteiger partial charge in [0, 0.05) is 11.8 Å². The van der Waals surface area contributed by atoms with Crippen LogP contribution >= 0.6 is 0 Å². The Labute approximate surface area is 86.5 Å². The van der Waals surface area contributed by atoms with E-state index in [1.54, 1.807) is 6.92 Å². The number of aromatic nitrogens is 1. The molecule has 0 bridgehead atoms. The fraction of sp³-hybridized carbons (Fsp3) is 0.333. The molecule has 0 aromatic carbocycles. The van der Waals surface area contributed by atoms with Gasteiger partial charge in [0.1, 0.15) is 11.9 Å². The molecule has 1 rings (SSSR count). The number of rotatable bonds is 3. The number of anilines is 1. The predicted molar refractivity (Wildman–Crippen MR) is 53.5 cm³/mol. The Morgan fingerprint density at radius 3 is 2.60 bits per heavy atom. The smallest absolute Gasteiger partial charge is 0.249 e. The Morgan fingerprint density at radius 1 is 1.53 bits per heavy atom. The Bertz CT molecular complexity index is 381. The Hall–Kier alpha value is -1.66. The minimum absolute atomic E-state index is 0.303. The highest BCUT2D eigenvalue weighted by Gasteiger charge is 2.24. The molecule has 1 aromatic rings. The molecule has 0 saturated carbocycles. The van der Waals surface area contributed by atoms with E-state index >= 15 is 0 Å². The molecule has 6 N–H and O–H groups in total. The van der Waals surface area contributed by atoms with Crippen molar-refractivity contribution in [2.75, 3.05) is 5.73 Å². The second kappa shape index (κ2) is 4.24. The van der Waals surface area contributed by atoms with Gasteiger partial charge in [-0.25, -0.2) is 4.98 Å². The van der Waals surface area contributed by atoms with Gasteiger partial charge in [0.05, 0.1) is 0 Å². The van der Waals surface area contributed by atoms with Gasteiger partial charge < -0.3 is 21.7 Å². The summed E-state index contributed by atoms with van der Waals surface area (Å²) in [6.07, 6.45) is -1.72. The number of carbonyl (C=O) groups is 1. The van der Waals surface area contributed by atoms with E-state index in [1.165, 1.54) is 12.3 Å².